The number of aliphatic hydroxyl groups excluding tert-OH is 1. The lowest BCUT2D eigenvalue weighted by molar-refractivity contribution is -0.123. The third-order valence-electron chi connectivity index (χ3n) is 3.52. The number of nitrogens with zero attached hydrogens (tertiary/aromatic N) is 1. The highest BCUT2D eigenvalue weighted by atomic mass is 19.1. The first-order valence-corrected chi connectivity index (χ1v) is 6.40. The fourth-order valence-electron chi connectivity index (χ4n) is 2.44. The van der Waals surface area contributed by atoms with Crippen molar-refractivity contribution in [2.75, 3.05) is 11.5 Å². The molecule has 2 amide bonds. The van der Waals surface area contributed by atoms with Crippen molar-refractivity contribution in [2.24, 2.45) is 11.8 Å². The van der Waals surface area contributed by atoms with Crippen molar-refractivity contribution in [2.45, 2.75) is 12.8 Å². The number of aliphatic hydroxyl groups is 1. The quantitative estimate of drug-likeness (QED) is 0.647. The van der Waals surface area contributed by atoms with Crippen LogP contribution in [0.5, 0.6) is 0 Å². The van der Waals surface area contributed by atoms with E-state index in [-0.39, 0.29) is 36.7 Å². The number of fused-ring (bicyclic) bond motifs is 1. The second kappa shape index (κ2) is 4.73. The second-order valence-electron chi connectivity index (χ2n) is 4.90. The standard InChI is InChI=1S/C15H12FNO3/c16-10-4-5-13(9(7-10)3-1-2-6-18)17-14(19)11-8-12(11)15(17)20/h4-5,7,11-12,18H,2,6,8H2. The Labute approximate surface area is 115 Å². The lowest BCUT2D eigenvalue weighted by Crippen LogP contribution is -2.33. The summed E-state index contributed by atoms with van der Waals surface area (Å²) in [6.07, 6.45) is 0.879. The van der Waals surface area contributed by atoms with E-state index in [1.807, 2.05) is 0 Å². The smallest absolute Gasteiger partial charge is 0.237 e. The van der Waals surface area contributed by atoms with Crippen molar-refractivity contribution in [3.8, 4) is 11.8 Å². The van der Waals surface area contributed by atoms with Gasteiger partial charge in [-0.2, -0.15) is 0 Å². The summed E-state index contributed by atoms with van der Waals surface area (Å²) in [6, 6.07) is 3.81. The van der Waals surface area contributed by atoms with Gasteiger partial charge in [0, 0.05) is 6.42 Å². The monoisotopic (exact) mass is 273 g/mol. The maximum Gasteiger partial charge on any atom is 0.237 e. The molecule has 3 rings (SSSR count). The van der Waals surface area contributed by atoms with E-state index in [4.69, 9.17) is 5.11 Å². The summed E-state index contributed by atoms with van der Waals surface area (Å²) in [4.78, 5) is 25.2. The molecule has 102 valence electrons. The molecule has 2 atom stereocenters. The van der Waals surface area contributed by atoms with Crippen LogP contribution in [-0.2, 0) is 9.59 Å². The number of halogens is 1. The van der Waals surface area contributed by atoms with Crippen LogP contribution in [0.15, 0.2) is 18.2 Å². The van der Waals surface area contributed by atoms with Crippen molar-refractivity contribution in [3.05, 3.63) is 29.6 Å². The number of rotatable bonds is 2. The van der Waals surface area contributed by atoms with E-state index in [1.165, 1.54) is 18.2 Å². The Hall–Kier alpha value is -2.19. The molecule has 0 bridgehead atoms. The molecule has 1 aliphatic carbocycles. The van der Waals surface area contributed by atoms with E-state index in [2.05, 4.69) is 11.8 Å². The van der Waals surface area contributed by atoms with E-state index in [9.17, 15) is 14.0 Å². The van der Waals surface area contributed by atoms with E-state index in [0.717, 1.165) is 4.90 Å². The highest BCUT2D eigenvalue weighted by Gasteiger charge is 2.59. The topological polar surface area (TPSA) is 57.6 Å². The van der Waals surface area contributed by atoms with Crippen molar-refractivity contribution in [3.63, 3.8) is 0 Å². The van der Waals surface area contributed by atoms with Crippen LogP contribution in [0.1, 0.15) is 18.4 Å². The lowest BCUT2D eigenvalue weighted by atomic mass is 10.1. The minimum absolute atomic E-state index is 0.0939. The van der Waals surface area contributed by atoms with Gasteiger partial charge in [0.2, 0.25) is 11.8 Å². The number of hydrogen-bond acceptors (Lipinski definition) is 3. The number of piperidine rings is 1. The number of anilines is 1. The second-order valence-corrected chi connectivity index (χ2v) is 4.90. The molecule has 0 spiro atoms. The molecule has 1 aromatic rings. The largest absolute Gasteiger partial charge is 0.395 e. The van der Waals surface area contributed by atoms with E-state index >= 15 is 0 Å². The third kappa shape index (κ3) is 1.98. The van der Waals surface area contributed by atoms with Gasteiger partial charge in [-0.3, -0.25) is 9.59 Å². The minimum Gasteiger partial charge on any atom is -0.395 e. The Morgan fingerprint density at radius 1 is 1.30 bits per heavy atom. The van der Waals surface area contributed by atoms with Crippen LogP contribution in [0.3, 0.4) is 0 Å². The molecule has 2 aliphatic rings. The molecule has 4 nitrogen and oxygen atoms in total. The molecule has 5 heteroatoms. The normalized spacial score (nSPS) is 23.4. The molecule has 0 radical (unpaired) electrons. The summed E-state index contributed by atoms with van der Waals surface area (Å²) in [5, 5.41) is 8.71. The van der Waals surface area contributed by atoms with Crippen molar-refractivity contribution >= 4 is 17.5 Å². The lowest BCUT2D eigenvalue weighted by Gasteiger charge is -2.18. The highest BCUT2D eigenvalue weighted by Crippen LogP contribution is 2.48. The average molecular weight is 273 g/mol. The average Bonchev–Trinajstić information content (AvgIpc) is 3.17. The maximum atomic E-state index is 13.3. The molecule has 1 heterocycles. The van der Waals surface area contributed by atoms with Crippen LogP contribution in [0.2, 0.25) is 0 Å². The maximum absolute atomic E-state index is 13.3. The van der Waals surface area contributed by atoms with Crippen molar-refractivity contribution in [1.29, 1.82) is 0 Å². The Morgan fingerprint density at radius 2 is 2.00 bits per heavy atom. The van der Waals surface area contributed by atoms with Crippen LogP contribution in [-0.4, -0.2) is 23.5 Å². The van der Waals surface area contributed by atoms with Gasteiger partial charge in [-0.15, -0.1) is 0 Å². The molecule has 1 aromatic carbocycles. The SMILES string of the molecule is O=C1C2CC2C(=O)N1c1ccc(F)cc1C#CCCO. The minimum atomic E-state index is -0.480. The molecule has 1 aliphatic heterocycles. The predicted octanol–water partition coefficient (Wildman–Crippen LogP) is 1.07. The first kappa shape index (κ1) is 12.8. The fraction of sp³-hybridized carbons (Fsp3) is 0.333. The Kier molecular flexibility index (Phi) is 3.03. The van der Waals surface area contributed by atoms with Gasteiger partial charge in [-0.1, -0.05) is 11.8 Å². The molecule has 1 saturated carbocycles. The van der Waals surface area contributed by atoms with Gasteiger partial charge in [0.15, 0.2) is 0 Å². The first-order chi connectivity index (χ1) is 9.63. The van der Waals surface area contributed by atoms with Gasteiger partial charge in [-0.05, 0) is 24.6 Å². The summed E-state index contributed by atoms with van der Waals surface area (Å²) in [7, 11) is 0. The van der Waals surface area contributed by atoms with E-state index in [1.54, 1.807) is 0 Å². The van der Waals surface area contributed by atoms with Crippen LogP contribution in [0.25, 0.3) is 0 Å². The number of carbonyl (C=O) groups is 2. The Bertz CT molecular complexity index is 639. The van der Waals surface area contributed by atoms with Gasteiger partial charge in [0.05, 0.1) is 29.7 Å². The zero-order chi connectivity index (χ0) is 14.3. The van der Waals surface area contributed by atoms with Crippen LogP contribution >= 0.6 is 0 Å². The fourth-order valence-corrected chi connectivity index (χ4v) is 2.44. The molecule has 0 aromatic heterocycles. The number of imide groups is 1. The Morgan fingerprint density at radius 3 is 2.65 bits per heavy atom. The summed E-state index contributed by atoms with van der Waals surface area (Å²) in [6.45, 7) is -0.0939. The van der Waals surface area contributed by atoms with Gasteiger partial charge < -0.3 is 5.11 Å². The number of amides is 2. The third-order valence-corrected chi connectivity index (χ3v) is 3.52. The van der Waals surface area contributed by atoms with Crippen LogP contribution in [0, 0.1) is 29.5 Å². The first-order valence-electron chi connectivity index (χ1n) is 6.40. The molecule has 20 heavy (non-hydrogen) atoms. The molecule has 2 unspecified atom stereocenters. The highest BCUT2D eigenvalue weighted by molar-refractivity contribution is 6.25. The molecule has 1 saturated heterocycles. The summed E-state index contributed by atoms with van der Waals surface area (Å²) in [5.41, 5.74) is 0.625. The zero-order valence-corrected chi connectivity index (χ0v) is 10.6. The van der Waals surface area contributed by atoms with Gasteiger partial charge in [0.25, 0.3) is 0 Å². The number of hydrogen-bond donors (Lipinski definition) is 1. The molecular weight excluding hydrogens is 261 g/mol. The van der Waals surface area contributed by atoms with Gasteiger partial charge in [-0.25, -0.2) is 9.29 Å². The molecule has 2 fully saturated rings. The van der Waals surface area contributed by atoms with Crippen molar-refractivity contribution < 1.29 is 19.1 Å². The van der Waals surface area contributed by atoms with Crippen molar-refractivity contribution in [1.82, 2.24) is 0 Å². The number of carbonyl (C=O) groups excluding carboxylic acids is 2. The van der Waals surface area contributed by atoms with Gasteiger partial charge >= 0.3 is 0 Å². The number of benzene rings is 1. The molecular formula is C15H12FNO3. The molecule has 1 N–H and O–H groups in total. The predicted molar refractivity (Wildman–Crippen MR) is 69.1 cm³/mol. The van der Waals surface area contributed by atoms with Crippen LogP contribution < -0.4 is 4.90 Å². The van der Waals surface area contributed by atoms with Gasteiger partial charge in [0.1, 0.15) is 5.82 Å². The Balaban J connectivity index is 1.99. The van der Waals surface area contributed by atoms with E-state index < -0.39 is 5.82 Å². The van der Waals surface area contributed by atoms with Crippen LogP contribution in [0.4, 0.5) is 10.1 Å². The van der Waals surface area contributed by atoms with E-state index in [0.29, 0.717) is 17.7 Å². The summed E-state index contributed by atoms with van der Waals surface area (Å²) < 4.78 is 13.3. The summed E-state index contributed by atoms with van der Waals surface area (Å²) >= 11 is 0. The summed E-state index contributed by atoms with van der Waals surface area (Å²) in [5.74, 6) is 4.05. The zero-order valence-electron chi connectivity index (χ0n) is 10.6.